The molecule has 3 fully saturated rings. The predicted octanol–water partition coefficient (Wildman–Crippen LogP) is 10.2. The Morgan fingerprint density at radius 3 is 1.22 bits per heavy atom. The van der Waals surface area contributed by atoms with E-state index in [9.17, 15) is 74.9 Å². The molecule has 0 aromatic rings. The van der Waals surface area contributed by atoms with Crippen LogP contribution >= 0.6 is 7.82 Å². The van der Waals surface area contributed by atoms with E-state index in [-0.39, 0.29) is 6.42 Å². The number of unbranched alkanes of at least 4 members (excludes halogenated alkanes) is 32. The minimum atomic E-state index is -5.74. The smallest absolute Gasteiger partial charge is 0.462 e. The van der Waals surface area contributed by atoms with Crippen molar-refractivity contribution in [1.29, 1.82) is 0 Å². The molecule has 0 radical (unpaired) electrons. The molecule has 0 aromatic carbocycles. The molecule has 25 heteroatoms. The van der Waals surface area contributed by atoms with Gasteiger partial charge in [0, 0.05) is 18.6 Å². The minimum Gasteiger partial charge on any atom is -0.462 e. The standard InChI is InChI=1S/C74H129O24P/c1-4-7-10-13-16-19-22-25-28-31-34-37-40-43-46-49-59(77)91-54-57-62(80)64(82)69(87)74(95-57)97-71-67(85)65(83)66(84)70(96-73-68(86)63(81)61(79)56(51-75)94-73)72(71)98-99(88,89)92-53-55(52-90-58(76)48-45-42-39-36-33-30-27-24-21-18-15-12-9-6-3)93-60(78)50-47-44-41-38-35-32-29-26-23-20-17-14-11-8-5-2/h30,33,40-41,43-44,46-47,49-50,55-57,61-75,79-87H,4-29,31-32,34-39,42,45,48,51-54H2,1-3H3,(H,88,89)/b33-30-,43-40+,44-41+,49-46+,50-47+. The van der Waals surface area contributed by atoms with Crippen LogP contribution in [-0.4, -0.2) is 204 Å². The zero-order chi connectivity index (χ0) is 72.5. The van der Waals surface area contributed by atoms with Gasteiger partial charge in [-0.05, 0) is 57.8 Å². The third kappa shape index (κ3) is 38.3. The maximum atomic E-state index is 14.3. The molecule has 1 saturated carbocycles. The van der Waals surface area contributed by atoms with Crippen LogP contribution < -0.4 is 0 Å². The molecule has 0 spiro atoms. The summed E-state index contributed by atoms with van der Waals surface area (Å²) in [5.41, 5.74) is 0. The largest absolute Gasteiger partial charge is 0.472 e. The molecular formula is C74H129O24P. The third-order valence-corrected chi connectivity index (χ3v) is 19.2. The van der Waals surface area contributed by atoms with E-state index >= 15 is 0 Å². The molecule has 0 aromatic heterocycles. The fraction of sp³-hybridized carbons (Fsp3) is 0.824. The summed E-state index contributed by atoms with van der Waals surface area (Å²) in [6, 6.07) is 0. The summed E-state index contributed by atoms with van der Waals surface area (Å²) in [5.74, 6) is -2.51. The number of phosphoric acid groups is 1. The number of rotatable bonds is 57. The van der Waals surface area contributed by atoms with Crippen LogP contribution in [0.2, 0.25) is 0 Å². The Hall–Kier alpha value is -3.34. The Kier molecular flexibility index (Phi) is 50.1. The van der Waals surface area contributed by atoms with Gasteiger partial charge < -0.3 is 89.1 Å². The van der Waals surface area contributed by atoms with Gasteiger partial charge in [-0.25, -0.2) is 14.2 Å². The molecule has 99 heavy (non-hydrogen) atoms. The molecule has 0 amide bonds. The first-order chi connectivity index (χ1) is 47.8. The summed E-state index contributed by atoms with van der Waals surface area (Å²) < 4.78 is 64.5. The van der Waals surface area contributed by atoms with Crippen LogP contribution in [0, 0.1) is 0 Å². The lowest BCUT2D eigenvalue weighted by molar-refractivity contribution is -0.360. The molecule has 24 nitrogen and oxygen atoms in total. The first-order valence-corrected chi connectivity index (χ1v) is 39.1. The topological polar surface area (TPSA) is 374 Å². The lowest BCUT2D eigenvalue weighted by Crippen LogP contribution is -2.69. The van der Waals surface area contributed by atoms with Crippen LogP contribution in [0.4, 0.5) is 0 Å². The number of esters is 3. The average molecular weight is 1430 g/mol. The molecule has 18 unspecified atom stereocenters. The zero-order valence-corrected chi connectivity index (χ0v) is 60.6. The van der Waals surface area contributed by atoms with Gasteiger partial charge in [-0.2, -0.15) is 0 Å². The lowest BCUT2D eigenvalue weighted by Gasteiger charge is -2.49. The Bertz CT molecular complexity index is 2280. The number of carbonyl (C=O) groups excluding carboxylic acids is 3. The van der Waals surface area contributed by atoms with E-state index in [1.165, 1.54) is 153 Å². The van der Waals surface area contributed by atoms with Gasteiger partial charge in [-0.15, -0.1) is 0 Å². The average Bonchev–Trinajstić information content (AvgIpc) is 0.762. The SMILES string of the molecule is CCCCCCCCC/C=C\CCCCCC(=O)OCC(COP(=O)(O)OC1C(OC2OC(CO)C(O)C(O)C2O)C(O)C(O)C(O)C1OC1OC(COC(=O)/C=C/C=C/CCCCCCCCCCCCC)C(O)C(O)C1O)OC(=O)/C=C/C=C/CCCCCCCCCCCCC. The number of carbonyl (C=O) groups is 3. The Morgan fingerprint density at radius 1 is 0.414 bits per heavy atom. The zero-order valence-electron chi connectivity index (χ0n) is 59.8. The van der Waals surface area contributed by atoms with Gasteiger partial charge in [0.15, 0.2) is 18.7 Å². The number of aliphatic hydroxyl groups is 10. The van der Waals surface area contributed by atoms with E-state index in [1.807, 2.05) is 12.2 Å². The van der Waals surface area contributed by atoms with E-state index in [0.717, 1.165) is 89.2 Å². The van der Waals surface area contributed by atoms with Gasteiger partial charge in [-0.1, -0.05) is 243 Å². The highest BCUT2D eigenvalue weighted by Crippen LogP contribution is 2.49. The van der Waals surface area contributed by atoms with Crippen molar-refractivity contribution in [2.24, 2.45) is 0 Å². The third-order valence-electron chi connectivity index (χ3n) is 18.2. The van der Waals surface area contributed by atoms with Crippen LogP contribution in [-0.2, 0) is 61.2 Å². The number of aliphatic hydroxyl groups excluding tert-OH is 10. The monoisotopic (exact) mass is 1430 g/mol. The quantitative estimate of drug-likeness (QED) is 0.00513. The number of ether oxygens (including phenoxy) is 7. The van der Waals surface area contributed by atoms with Crippen molar-refractivity contribution in [1.82, 2.24) is 0 Å². The van der Waals surface area contributed by atoms with Gasteiger partial charge in [0.05, 0.1) is 13.2 Å². The second kappa shape index (κ2) is 55.2. The molecule has 11 N–H and O–H groups in total. The minimum absolute atomic E-state index is 0.000138. The summed E-state index contributed by atoms with van der Waals surface area (Å²) >= 11 is 0. The summed E-state index contributed by atoms with van der Waals surface area (Å²) in [4.78, 5) is 50.7. The van der Waals surface area contributed by atoms with E-state index in [0.29, 0.717) is 12.8 Å². The van der Waals surface area contributed by atoms with Gasteiger partial charge in [0.2, 0.25) is 0 Å². The summed E-state index contributed by atoms with van der Waals surface area (Å²) in [6.45, 7) is 3.22. The highest BCUT2D eigenvalue weighted by atomic mass is 31.2. The molecule has 2 saturated heterocycles. The second-order valence-corrected chi connectivity index (χ2v) is 28.2. The van der Waals surface area contributed by atoms with Gasteiger partial charge >= 0.3 is 25.7 Å². The van der Waals surface area contributed by atoms with E-state index in [1.54, 1.807) is 12.2 Å². The van der Waals surface area contributed by atoms with Crippen LogP contribution in [0.25, 0.3) is 0 Å². The maximum absolute atomic E-state index is 14.3. The summed E-state index contributed by atoms with van der Waals surface area (Å²) in [5, 5.41) is 110. The lowest BCUT2D eigenvalue weighted by atomic mass is 9.84. The van der Waals surface area contributed by atoms with Crippen molar-refractivity contribution in [2.75, 3.05) is 26.4 Å². The molecule has 2 heterocycles. The van der Waals surface area contributed by atoms with Crippen molar-refractivity contribution in [3.8, 4) is 0 Å². The second-order valence-electron chi connectivity index (χ2n) is 26.8. The van der Waals surface area contributed by atoms with Crippen LogP contribution in [0.1, 0.15) is 258 Å². The first kappa shape index (κ1) is 89.9. The molecule has 1 aliphatic carbocycles. The Morgan fingerprint density at radius 2 is 0.788 bits per heavy atom. The molecular weight excluding hydrogens is 1300 g/mol. The maximum Gasteiger partial charge on any atom is 0.472 e. The van der Waals surface area contributed by atoms with Crippen LogP contribution in [0.3, 0.4) is 0 Å². The van der Waals surface area contributed by atoms with Crippen molar-refractivity contribution in [2.45, 2.75) is 362 Å². The van der Waals surface area contributed by atoms with Gasteiger partial charge in [0.1, 0.15) is 98.7 Å². The number of allylic oxidation sites excluding steroid dienone is 8. The van der Waals surface area contributed by atoms with Crippen molar-refractivity contribution >= 4 is 25.7 Å². The van der Waals surface area contributed by atoms with E-state index < -0.39 is 156 Å². The van der Waals surface area contributed by atoms with Crippen molar-refractivity contribution in [3.05, 3.63) is 60.8 Å². The van der Waals surface area contributed by atoms with Gasteiger partial charge in [0.25, 0.3) is 0 Å². The van der Waals surface area contributed by atoms with Crippen molar-refractivity contribution in [3.63, 3.8) is 0 Å². The normalized spacial score (nSPS) is 27.8. The molecule has 0 bridgehead atoms. The Balaban J connectivity index is 1.77. The Labute approximate surface area is 590 Å². The van der Waals surface area contributed by atoms with E-state index in [2.05, 4.69) is 32.9 Å². The van der Waals surface area contributed by atoms with Gasteiger partial charge in [-0.3, -0.25) is 13.8 Å². The molecule has 3 rings (SSSR count). The van der Waals surface area contributed by atoms with E-state index in [4.69, 9.17) is 42.2 Å². The number of hydrogen-bond donors (Lipinski definition) is 11. The summed E-state index contributed by atoms with van der Waals surface area (Å²) in [6.07, 6.45) is 21.4. The predicted molar refractivity (Wildman–Crippen MR) is 374 cm³/mol. The molecule has 18 atom stereocenters. The highest BCUT2D eigenvalue weighted by Gasteiger charge is 2.58. The highest BCUT2D eigenvalue weighted by molar-refractivity contribution is 7.47. The molecule has 3 aliphatic rings. The molecule has 574 valence electrons. The van der Waals surface area contributed by atoms with Crippen LogP contribution in [0.15, 0.2) is 60.8 Å². The van der Waals surface area contributed by atoms with Crippen LogP contribution in [0.5, 0.6) is 0 Å². The number of hydrogen-bond acceptors (Lipinski definition) is 23. The first-order valence-electron chi connectivity index (χ1n) is 37.7. The number of phosphoric ester groups is 1. The van der Waals surface area contributed by atoms with Crippen molar-refractivity contribution < 1.29 is 117 Å². The fourth-order valence-electron chi connectivity index (χ4n) is 12.0. The fourth-order valence-corrected chi connectivity index (χ4v) is 13.0. The summed E-state index contributed by atoms with van der Waals surface area (Å²) in [7, 11) is -5.74. The molecule has 2 aliphatic heterocycles.